The van der Waals surface area contributed by atoms with Crippen LogP contribution in [-0.2, 0) is 9.59 Å². The molecule has 1 aliphatic rings. The second-order valence-corrected chi connectivity index (χ2v) is 2.79. The molecule has 0 radical (unpaired) electrons. The van der Waals surface area contributed by atoms with Crippen LogP contribution in [0.3, 0.4) is 0 Å². The number of amides is 2. The van der Waals surface area contributed by atoms with Gasteiger partial charge in [0.1, 0.15) is 0 Å². The maximum Gasteiger partial charge on any atom is 0.229 e. The van der Waals surface area contributed by atoms with Gasteiger partial charge < -0.3 is 5.32 Å². The highest BCUT2D eigenvalue weighted by molar-refractivity contribution is 6.01. The van der Waals surface area contributed by atoms with Crippen LogP contribution >= 0.6 is 0 Å². The van der Waals surface area contributed by atoms with E-state index in [0.717, 1.165) is 6.54 Å². The van der Waals surface area contributed by atoms with Gasteiger partial charge in [-0.15, -0.1) is 0 Å². The molecule has 4 heteroatoms. The molecule has 0 bridgehead atoms. The SMILES string of the molecule is CC.CCNCCN1C(=O)CCC1=O. The van der Waals surface area contributed by atoms with Crippen LogP contribution in [0.4, 0.5) is 0 Å². The summed E-state index contributed by atoms with van der Waals surface area (Å²) in [6.07, 6.45) is 0.788. The fraction of sp³-hybridized carbons (Fsp3) is 0.800. The van der Waals surface area contributed by atoms with Gasteiger partial charge in [0.25, 0.3) is 0 Å². The van der Waals surface area contributed by atoms with Gasteiger partial charge in [0.15, 0.2) is 0 Å². The van der Waals surface area contributed by atoms with E-state index in [1.54, 1.807) is 0 Å². The number of hydrogen-bond donors (Lipinski definition) is 1. The van der Waals surface area contributed by atoms with Crippen molar-refractivity contribution < 1.29 is 9.59 Å². The van der Waals surface area contributed by atoms with Gasteiger partial charge in [-0.1, -0.05) is 20.8 Å². The average Bonchev–Trinajstić information content (AvgIpc) is 2.52. The topological polar surface area (TPSA) is 49.4 Å². The van der Waals surface area contributed by atoms with E-state index in [1.807, 2.05) is 20.8 Å². The van der Waals surface area contributed by atoms with Crippen molar-refractivity contribution in [2.45, 2.75) is 33.6 Å². The normalized spacial score (nSPS) is 15.5. The smallest absolute Gasteiger partial charge is 0.229 e. The molecule has 1 heterocycles. The Balaban J connectivity index is 0.000000791. The van der Waals surface area contributed by atoms with Crippen LogP contribution in [0.1, 0.15) is 33.6 Å². The van der Waals surface area contributed by atoms with Crippen molar-refractivity contribution in [1.29, 1.82) is 0 Å². The molecule has 1 rings (SSSR count). The number of nitrogens with zero attached hydrogens (tertiary/aromatic N) is 1. The molecule has 0 unspecified atom stereocenters. The van der Waals surface area contributed by atoms with E-state index >= 15 is 0 Å². The van der Waals surface area contributed by atoms with Crippen LogP contribution in [0.5, 0.6) is 0 Å². The highest BCUT2D eigenvalue weighted by atomic mass is 16.2. The van der Waals surface area contributed by atoms with Gasteiger partial charge in [0.2, 0.25) is 11.8 Å². The molecule has 4 nitrogen and oxygen atoms in total. The minimum atomic E-state index is -0.0297. The van der Waals surface area contributed by atoms with Crippen LogP contribution in [0, 0.1) is 0 Å². The zero-order valence-electron chi connectivity index (χ0n) is 9.30. The molecule has 0 aliphatic carbocycles. The molecule has 0 spiro atoms. The van der Waals surface area contributed by atoms with Gasteiger partial charge in [-0.2, -0.15) is 0 Å². The Kier molecular flexibility index (Phi) is 7.02. The van der Waals surface area contributed by atoms with Crippen molar-refractivity contribution in [1.82, 2.24) is 10.2 Å². The number of likely N-dealkylation sites (tertiary alicyclic amines) is 1. The summed E-state index contributed by atoms with van der Waals surface area (Å²) in [5.74, 6) is -0.0594. The summed E-state index contributed by atoms with van der Waals surface area (Å²) in [4.78, 5) is 23.4. The largest absolute Gasteiger partial charge is 0.315 e. The van der Waals surface area contributed by atoms with Crippen molar-refractivity contribution in [3.05, 3.63) is 0 Å². The molecule has 1 aliphatic heterocycles. The summed E-state index contributed by atoms with van der Waals surface area (Å²) < 4.78 is 0. The molecule has 0 aromatic heterocycles. The van der Waals surface area contributed by atoms with E-state index in [1.165, 1.54) is 4.90 Å². The van der Waals surface area contributed by atoms with Gasteiger partial charge >= 0.3 is 0 Å². The van der Waals surface area contributed by atoms with Crippen molar-refractivity contribution in [3.63, 3.8) is 0 Å². The summed E-state index contributed by atoms with van der Waals surface area (Å²) in [5.41, 5.74) is 0. The molecule has 0 saturated carbocycles. The summed E-state index contributed by atoms with van der Waals surface area (Å²) in [7, 11) is 0. The van der Waals surface area contributed by atoms with Crippen LogP contribution in [-0.4, -0.2) is 36.3 Å². The van der Waals surface area contributed by atoms with Crippen molar-refractivity contribution in [2.24, 2.45) is 0 Å². The minimum absolute atomic E-state index is 0.0297. The van der Waals surface area contributed by atoms with E-state index in [-0.39, 0.29) is 11.8 Å². The molecular formula is C10H20N2O2. The van der Waals surface area contributed by atoms with Crippen LogP contribution < -0.4 is 5.32 Å². The summed E-state index contributed by atoms with van der Waals surface area (Å²) in [5, 5.41) is 3.07. The number of imide groups is 1. The first-order chi connectivity index (χ1) is 6.75. The first kappa shape index (κ1) is 13.1. The van der Waals surface area contributed by atoms with Gasteiger partial charge in [0.05, 0.1) is 0 Å². The van der Waals surface area contributed by atoms with E-state index in [2.05, 4.69) is 5.32 Å². The van der Waals surface area contributed by atoms with Crippen LogP contribution in [0.2, 0.25) is 0 Å². The molecule has 14 heavy (non-hydrogen) atoms. The Morgan fingerprint density at radius 3 is 2.14 bits per heavy atom. The molecule has 0 aromatic carbocycles. The molecule has 1 fully saturated rings. The van der Waals surface area contributed by atoms with Gasteiger partial charge in [-0.3, -0.25) is 14.5 Å². The van der Waals surface area contributed by atoms with Gasteiger partial charge in [0, 0.05) is 25.9 Å². The molecule has 82 valence electrons. The Morgan fingerprint density at radius 1 is 1.21 bits per heavy atom. The van der Waals surface area contributed by atoms with Crippen molar-refractivity contribution >= 4 is 11.8 Å². The zero-order valence-corrected chi connectivity index (χ0v) is 9.30. The zero-order chi connectivity index (χ0) is 11.0. The van der Waals surface area contributed by atoms with E-state index in [0.29, 0.717) is 25.9 Å². The standard InChI is InChI=1S/C8H14N2O2.C2H6/c1-2-9-5-6-10-7(11)3-4-8(10)12;1-2/h9H,2-6H2,1H3;1-2H3. The Morgan fingerprint density at radius 2 is 1.71 bits per heavy atom. The maximum atomic E-state index is 11.1. The summed E-state index contributed by atoms with van der Waals surface area (Å²) in [6, 6.07) is 0. The summed E-state index contributed by atoms with van der Waals surface area (Å²) >= 11 is 0. The monoisotopic (exact) mass is 200 g/mol. The van der Waals surface area contributed by atoms with Crippen molar-refractivity contribution in [3.8, 4) is 0 Å². The summed E-state index contributed by atoms with van der Waals surface area (Å²) in [6.45, 7) is 8.09. The van der Waals surface area contributed by atoms with Gasteiger partial charge in [-0.25, -0.2) is 0 Å². The highest BCUT2D eigenvalue weighted by Crippen LogP contribution is 2.09. The number of carbonyl (C=O) groups excluding carboxylic acids is 2. The fourth-order valence-corrected chi connectivity index (χ4v) is 1.24. The molecular weight excluding hydrogens is 180 g/mol. The third-order valence-corrected chi connectivity index (χ3v) is 1.92. The van der Waals surface area contributed by atoms with E-state index in [9.17, 15) is 9.59 Å². The third-order valence-electron chi connectivity index (χ3n) is 1.92. The number of hydrogen-bond acceptors (Lipinski definition) is 3. The lowest BCUT2D eigenvalue weighted by molar-refractivity contribution is -0.138. The van der Waals surface area contributed by atoms with E-state index < -0.39 is 0 Å². The molecule has 1 N–H and O–H groups in total. The second kappa shape index (κ2) is 7.50. The fourth-order valence-electron chi connectivity index (χ4n) is 1.24. The molecule has 0 aromatic rings. The lowest BCUT2D eigenvalue weighted by Gasteiger charge is -2.12. The first-order valence-corrected chi connectivity index (χ1v) is 5.29. The molecule has 1 saturated heterocycles. The number of likely N-dealkylation sites (N-methyl/N-ethyl adjacent to an activating group) is 1. The third kappa shape index (κ3) is 3.87. The lowest BCUT2D eigenvalue weighted by atomic mass is 10.4. The molecule has 2 amide bonds. The number of rotatable bonds is 4. The minimum Gasteiger partial charge on any atom is -0.315 e. The van der Waals surface area contributed by atoms with Crippen molar-refractivity contribution in [2.75, 3.05) is 19.6 Å². The highest BCUT2D eigenvalue weighted by Gasteiger charge is 2.27. The predicted molar refractivity (Wildman–Crippen MR) is 55.8 cm³/mol. The van der Waals surface area contributed by atoms with Gasteiger partial charge in [-0.05, 0) is 6.54 Å². The van der Waals surface area contributed by atoms with E-state index in [4.69, 9.17) is 0 Å². The van der Waals surface area contributed by atoms with Crippen LogP contribution in [0.25, 0.3) is 0 Å². The number of carbonyl (C=O) groups is 2. The quantitative estimate of drug-likeness (QED) is 0.538. The number of nitrogens with one attached hydrogen (secondary N) is 1. The average molecular weight is 200 g/mol. The predicted octanol–water partition coefficient (Wildman–Crippen LogP) is 0.771. The lowest BCUT2D eigenvalue weighted by Crippen LogP contribution is -2.35. The molecule has 0 atom stereocenters. The second-order valence-electron chi connectivity index (χ2n) is 2.79. The maximum absolute atomic E-state index is 11.1. The first-order valence-electron chi connectivity index (χ1n) is 5.29. The Hall–Kier alpha value is -0.900. The Bertz CT molecular complexity index is 177. The Labute approximate surface area is 85.7 Å². The van der Waals surface area contributed by atoms with Crippen LogP contribution in [0.15, 0.2) is 0 Å².